The van der Waals surface area contributed by atoms with Crippen molar-refractivity contribution < 1.29 is 9.53 Å². The van der Waals surface area contributed by atoms with Gasteiger partial charge in [0, 0.05) is 11.1 Å². The van der Waals surface area contributed by atoms with Gasteiger partial charge in [0.25, 0.3) is 0 Å². The van der Waals surface area contributed by atoms with Gasteiger partial charge in [0.2, 0.25) is 0 Å². The third kappa shape index (κ3) is 2.21. The Labute approximate surface area is 97.7 Å². The summed E-state index contributed by atoms with van der Waals surface area (Å²) in [7, 11) is 1.59. The highest BCUT2D eigenvalue weighted by molar-refractivity contribution is 9.10. The van der Waals surface area contributed by atoms with Crippen molar-refractivity contribution in [3.05, 3.63) is 27.2 Å². The van der Waals surface area contributed by atoms with Crippen LogP contribution in [0.25, 0.3) is 0 Å². The number of hydrogen-bond donors (Lipinski definition) is 1. The molecule has 0 bridgehead atoms. The van der Waals surface area contributed by atoms with Crippen LogP contribution in [-0.4, -0.2) is 19.4 Å². The highest BCUT2D eigenvalue weighted by atomic mass is 79.9. The molecule has 0 fully saturated rings. The van der Waals surface area contributed by atoms with Gasteiger partial charge in [-0.3, -0.25) is 4.79 Å². The molecule has 0 atom stereocenters. The molecule has 82 valence electrons. The van der Waals surface area contributed by atoms with E-state index in [-0.39, 0.29) is 12.3 Å². The third-order valence-corrected chi connectivity index (χ3v) is 3.33. The summed E-state index contributed by atoms with van der Waals surface area (Å²) in [6.07, 6.45) is 0. The fraction of sp³-hybridized carbons (Fsp3) is 0.364. The first-order valence-electron chi connectivity index (χ1n) is 4.59. The van der Waals surface area contributed by atoms with Gasteiger partial charge < -0.3 is 10.5 Å². The lowest BCUT2D eigenvalue weighted by molar-refractivity contribution is 0.100. The molecule has 1 rings (SSSR count). The molecule has 0 aliphatic rings. The predicted molar refractivity (Wildman–Crippen MR) is 63.6 cm³/mol. The van der Waals surface area contributed by atoms with Gasteiger partial charge in [-0.2, -0.15) is 0 Å². The molecule has 0 aromatic heterocycles. The normalized spacial score (nSPS) is 10.2. The Hall–Kier alpha value is -0.870. The zero-order valence-electron chi connectivity index (χ0n) is 9.06. The molecule has 1 aromatic rings. The van der Waals surface area contributed by atoms with E-state index >= 15 is 0 Å². The Bertz CT molecular complexity index is 402. The standard InChI is InChI=1S/C11H14BrNO2/c1-6-4-8(9(14)5-13)7(2)11(15-3)10(6)12/h4H,5,13H2,1-3H3. The minimum absolute atomic E-state index is 0.0189. The lowest BCUT2D eigenvalue weighted by Crippen LogP contribution is -2.15. The number of carbonyl (C=O) groups is 1. The molecule has 2 N–H and O–H groups in total. The van der Waals surface area contributed by atoms with E-state index in [0.717, 1.165) is 15.6 Å². The number of benzene rings is 1. The highest BCUT2D eigenvalue weighted by Gasteiger charge is 2.15. The molecule has 3 nitrogen and oxygen atoms in total. The topological polar surface area (TPSA) is 52.3 Å². The molecule has 0 saturated heterocycles. The number of rotatable bonds is 3. The van der Waals surface area contributed by atoms with Crippen LogP contribution in [-0.2, 0) is 0 Å². The average Bonchev–Trinajstić information content (AvgIpc) is 2.23. The summed E-state index contributed by atoms with van der Waals surface area (Å²) in [5, 5.41) is 0. The van der Waals surface area contributed by atoms with Gasteiger partial charge in [-0.15, -0.1) is 0 Å². The monoisotopic (exact) mass is 271 g/mol. The highest BCUT2D eigenvalue weighted by Crippen LogP contribution is 2.34. The van der Waals surface area contributed by atoms with Gasteiger partial charge in [-0.1, -0.05) is 0 Å². The maximum Gasteiger partial charge on any atom is 0.176 e. The van der Waals surface area contributed by atoms with E-state index in [2.05, 4.69) is 15.9 Å². The SMILES string of the molecule is COc1c(C)c(C(=O)CN)cc(C)c1Br. The lowest BCUT2D eigenvalue weighted by Gasteiger charge is -2.13. The summed E-state index contributed by atoms with van der Waals surface area (Å²) >= 11 is 3.43. The number of methoxy groups -OCH3 is 1. The van der Waals surface area contributed by atoms with Crippen LogP contribution in [0.2, 0.25) is 0 Å². The first-order valence-corrected chi connectivity index (χ1v) is 5.39. The molecule has 0 unspecified atom stereocenters. The average molecular weight is 272 g/mol. The van der Waals surface area contributed by atoms with E-state index in [1.165, 1.54) is 0 Å². The van der Waals surface area contributed by atoms with Crippen molar-refractivity contribution in [3.63, 3.8) is 0 Å². The van der Waals surface area contributed by atoms with Gasteiger partial charge in [-0.05, 0) is 41.4 Å². The van der Waals surface area contributed by atoms with Crippen LogP contribution in [0, 0.1) is 13.8 Å². The van der Waals surface area contributed by atoms with E-state index in [4.69, 9.17) is 10.5 Å². The van der Waals surface area contributed by atoms with Crippen molar-refractivity contribution in [1.82, 2.24) is 0 Å². The van der Waals surface area contributed by atoms with Crippen LogP contribution in [0.4, 0.5) is 0 Å². The van der Waals surface area contributed by atoms with Crippen LogP contribution in [0.15, 0.2) is 10.5 Å². The second kappa shape index (κ2) is 4.77. The number of carbonyl (C=O) groups excluding carboxylic acids is 1. The van der Waals surface area contributed by atoms with E-state index in [0.29, 0.717) is 11.3 Å². The fourth-order valence-corrected chi connectivity index (χ4v) is 2.07. The molecule has 0 saturated carbocycles. The van der Waals surface area contributed by atoms with E-state index in [9.17, 15) is 4.79 Å². The second-order valence-corrected chi connectivity index (χ2v) is 4.13. The Morgan fingerprint density at radius 1 is 1.53 bits per heavy atom. The number of ether oxygens (including phenoxy) is 1. The summed E-state index contributed by atoms with van der Waals surface area (Å²) in [6, 6.07) is 1.83. The Balaban J connectivity index is 3.43. The Kier molecular flexibility index (Phi) is 3.88. The molecule has 0 heterocycles. The van der Waals surface area contributed by atoms with Crippen molar-refractivity contribution >= 4 is 21.7 Å². The van der Waals surface area contributed by atoms with E-state index in [1.807, 2.05) is 19.9 Å². The summed E-state index contributed by atoms with van der Waals surface area (Å²) in [6.45, 7) is 3.79. The summed E-state index contributed by atoms with van der Waals surface area (Å²) in [5.74, 6) is 0.633. The number of halogens is 1. The fourth-order valence-electron chi connectivity index (χ4n) is 1.50. The van der Waals surface area contributed by atoms with E-state index < -0.39 is 0 Å². The number of ketones is 1. The maximum absolute atomic E-state index is 11.6. The van der Waals surface area contributed by atoms with Gasteiger partial charge in [0.05, 0.1) is 18.1 Å². The Morgan fingerprint density at radius 3 is 2.60 bits per heavy atom. The quantitative estimate of drug-likeness (QED) is 0.858. The van der Waals surface area contributed by atoms with Crippen LogP contribution in [0.1, 0.15) is 21.5 Å². The molecular weight excluding hydrogens is 258 g/mol. The van der Waals surface area contributed by atoms with Crippen LogP contribution in [0.5, 0.6) is 5.75 Å². The molecule has 15 heavy (non-hydrogen) atoms. The lowest BCUT2D eigenvalue weighted by atomic mass is 10.0. The van der Waals surface area contributed by atoms with Gasteiger partial charge >= 0.3 is 0 Å². The molecule has 0 amide bonds. The smallest absolute Gasteiger partial charge is 0.176 e. The van der Waals surface area contributed by atoms with Crippen molar-refractivity contribution in [2.45, 2.75) is 13.8 Å². The van der Waals surface area contributed by atoms with Crippen LogP contribution >= 0.6 is 15.9 Å². The summed E-state index contributed by atoms with van der Waals surface area (Å²) < 4.78 is 6.14. The van der Waals surface area contributed by atoms with Crippen LogP contribution in [0.3, 0.4) is 0 Å². The van der Waals surface area contributed by atoms with Crippen molar-refractivity contribution in [2.24, 2.45) is 5.73 Å². The number of nitrogens with two attached hydrogens (primary N) is 1. The first kappa shape index (κ1) is 12.2. The molecule has 0 aliphatic heterocycles. The number of hydrogen-bond acceptors (Lipinski definition) is 3. The van der Waals surface area contributed by atoms with Crippen molar-refractivity contribution in [3.8, 4) is 5.75 Å². The molecule has 4 heteroatoms. The predicted octanol–water partition coefficient (Wildman–Crippen LogP) is 2.22. The van der Waals surface area contributed by atoms with Crippen LogP contribution < -0.4 is 10.5 Å². The van der Waals surface area contributed by atoms with Gasteiger partial charge in [-0.25, -0.2) is 0 Å². The first-order chi connectivity index (χ1) is 7.02. The number of Topliss-reactive ketones (excluding diaryl/α,β-unsaturated/α-hetero) is 1. The third-order valence-electron chi connectivity index (χ3n) is 2.34. The number of aryl methyl sites for hydroxylation is 1. The largest absolute Gasteiger partial charge is 0.495 e. The zero-order chi connectivity index (χ0) is 11.6. The Morgan fingerprint density at radius 2 is 2.13 bits per heavy atom. The van der Waals surface area contributed by atoms with Crippen molar-refractivity contribution in [1.29, 1.82) is 0 Å². The molecule has 0 radical (unpaired) electrons. The molecule has 0 spiro atoms. The summed E-state index contributed by atoms with van der Waals surface area (Å²) in [5.41, 5.74) is 7.78. The summed E-state index contributed by atoms with van der Waals surface area (Å²) in [4.78, 5) is 11.6. The maximum atomic E-state index is 11.6. The molecular formula is C11H14BrNO2. The molecule has 0 aliphatic carbocycles. The van der Waals surface area contributed by atoms with Crippen molar-refractivity contribution in [2.75, 3.05) is 13.7 Å². The van der Waals surface area contributed by atoms with Gasteiger partial charge in [0.15, 0.2) is 5.78 Å². The zero-order valence-corrected chi connectivity index (χ0v) is 10.6. The minimum atomic E-state index is -0.0681. The second-order valence-electron chi connectivity index (χ2n) is 3.34. The van der Waals surface area contributed by atoms with E-state index in [1.54, 1.807) is 7.11 Å². The minimum Gasteiger partial charge on any atom is -0.495 e. The van der Waals surface area contributed by atoms with Gasteiger partial charge in [0.1, 0.15) is 5.75 Å². The molecule has 1 aromatic carbocycles.